The molecule has 1 atom stereocenters. The minimum Gasteiger partial charge on any atom is -0.395 e. The van der Waals surface area contributed by atoms with Crippen LogP contribution in [0.4, 0.5) is 0 Å². The Morgan fingerprint density at radius 1 is 1.00 bits per heavy atom. The first-order valence-electron chi connectivity index (χ1n) is 5.65. The fraction of sp³-hybridized carbons (Fsp3) is 0.500. The second kappa shape index (κ2) is 8.36. The summed E-state index contributed by atoms with van der Waals surface area (Å²) in [6.07, 6.45) is 0. The maximum atomic E-state index is 11.9. The van der Waals surface area contributed by atoms with Crippen molar-refractivity contribution in [1.29, 1.82) is 0 Å². The summed E-state index contributed by atoms with van der Waals surface area (Å²) in [5, 5.41) is 17.7. The minimum atomic E-state index is -1.02. The largest absolute Gasteiger partial charge is 0.395 e. The van der Waals surface area contributed by atoms with E-state index in [1.165, 1.54) is 0 Å². The van der Waals surface area contributed by atoms with Crippen molar-refractivity contribution in [3.8, 4) is 0 Å². The summed E-state index contributed by atoms with van der Waals surface area (Å²) in [7, 11) is -1.02. The average Bonchev–Trinajstić information content (AvgIpc) is 2.37. The van der Waals surface area contributed by atoms with Gasteiger partial charge < -0.3 is 10.2 Å². The summed E-state index contributed by atoms with van der Waals surface area (Å²) in [5.74, 6) is 0.518. The van der Waals surface area contributed by atoms with Crippen molar-refractivity contribution in [3.05, 3.63) is 30.3 Å². The van der Waals surface area contributed by atoms with Crippen LogP contribution >= 0.6 is 0 Å². The Kier molecular flexibility index (Phi) is 7.04. The summed E-state index contributed by atoms with van der Waals surface area (Å²) >= 11 is 0. The Hall–Kier alpha value is -0.750. The van der Waals surface area contributed by atoms with Crippen molar-refractivity contribution >= 4 is 10.8 Å². The molecule has 0 fully saturated rings. The van der Waals surface area contributed by atoms with Gasteiger partial charge in [0, 0.05) is 30.3 Å². The monoisotopic (exact) mass is 257 g/mol. The highest BCUT2D eigenvalue weighted by atomic mass is 32.2. The summed E-state index contributed by atoms with van der Waals surface area (Å²) in [6.45, 7) is 1.73. The highest BCUT2D eigenvalue weighted by molar-refractivity contribution is 7.85. The van der Waals surface area contributed by atoms with Crippen molar-refractivity contribution in [2.45, 2.75) is 4.90 Å². The van der Waals surface area contributed by atoms with Crippen LogP contribution in [0, 0.1) is 0 Å². The molecule has 5 heteroatoms. The van der Waals surface area contributed by atoms with E-state index >= 15 is 0 Å². The first-order valence-corrected chi connectivity index (χ1v) is 6.97. The van der Waals surface area contributed by atoms with Gasteiger partial charge in [-0.15, -0.1) is 0 Å². The van der Waals surface area contributed by atoms with Crippen molar-refractivity contribution in [2.24, 2.45) is 0 Å². The van der Waals surface area contributed by atoms with E-state index in [9.17, 15) is 4.21 Å². The molecule has 2 N–H and O–H groups in total. The molecular formula is C12H19NO3S. The van der Waals surface area contributed by atoms with Crippen molar-refractivity contribution in [3.63, 3.8) is 0 Å². The smallest absolute Gasteiger partial charge is 0.0558 e. The van der Waals surface area contributed by atoms with Gasteiger partial charge in [0.2, 0.25) is 0 Å². The van der Waals surface area contributed by atoms with E-state index in [-0.39, 0.29) is 13.2 Å². The highest BCUT2D eigenvalue weighted by Gasteiger charge is 2.07. The van der Waals surface area contributed by atoms with Gasteiger partial charge in [0.05, 0.1) is 24.0 Å². The molecule has 0 aliphatic carbocycles. The van der Waals surface area contributed by atoms with Crippen LogP contribution in [0.3, 0.4) is 0 Å². The number of aliphatic hydroxyl groups excluding tert-OH is 2. The molecule has 0 saturated carbocycles. The third-order valence-corrected chi connectivity index (χ3v) is 3.78. The molecule has 1 rings (SSSR count). The second-order valence-corrected chi connectivity index (χ2v) is 5.22. The van der Waals surface area contributed by atoms with Gasteiger partial charge in [-0.2, -0.15) is 0 Å². The Morgan fingerprint density at radius 3 is 2.12 bits per heavy atom. The van der Waals surface area contributed by atoms with Crippen LogP contribution in [0.15, 0.2) is 35.2 Å². The lowest BCUT2D eigenvalue weighted by Crippen LogP contribution is -2.33. The second-order valence-electron chi connectivity index (χ2n) is 3.65. The summed E-state index contributed by atoms with van der Waals surface area (Å²) in [5.41, 5.74) is 0. The predicted octanol–water partition coefficient (Wildman–Crippen LogP) is 0.0808. The van der Waals surface area contributed by atoms with Gasteiger partial charge in [-0.25, -0.2) is 0 Å². The van der Waals surface area contributed by atoms with Gasteiger partial charge in [-0.3, -0.25) is 9.11 Å². The summed E-state index contributed by atoms with van der Waals surface area (Å²) < 4.78 is 11.9. The fourth-order valence-corrected chi connectivity index (χ4v) is 2.64. The zero-order chi connectivity index (χ0) is 12.5. The van der Waals surface area contributed by atoms with E-state index in [0.717, 1.165) is 4.90 Å². The average molecular weight is 257 g/mol. The van der Waals surface area contributed by atoms with Crippen LogP contribution in [-0.4, -0.2) is 57.9 Å². The van der Waals surface area contributed by atoms with E-state index in [0.29, 0.717) is 25.4 Å². The molecule has 0 aliphatic rings. The molecule has 0 aliphatic heterocycles. The molecule has 0 aromatic heterocycles. The van der Waals surface area contributed by atoms with Crippen LogP contribution in [0.2, 0.25) is 0 Å². The molecule has 0 bridgehead atoms. The van der Waals surface area contributed by atoms with E-state index < -0.39 is 10.8 Å². The molecule has 17 heavy (non-hydrogen) atoms. The van der Waals surface area contributed by atoms with Crippen LogP contribution in [0.25, 0.3) is 0 Å². The van der Waals surface area contributed by atoms with Crippen LogP contribution in [0.5, 0.6) is 0 Å². The van der Waals surface area contributed by atoms with Crippen LogP contribution < -0.4 is 0 Å². The number of hydrogen-bond acceptors (Lipinski definition) is 4. The topological polar surface area (TPSA) is 60.8 Å². The SMILES string of the molecule is O=S(CCN(CCO)CCO)c1ccccc1. The fourth-order valence-electron chi connectivity index (χ4n) is 1.52. The Morgan fingerprint density at radius 2 is 1.59 bits per heavy atom. The molecule has 1 aromatic rings. The van der Waals surface area contributed by atoms with Gasteiger partial charge >= 0.3 is 0 Å². The molecule has 0 saturated heterocycles. The van der Waals surface area contributed by atoms with Crippen LogP contribution in [-0.2, 0) is 10.8 Å². The van der Waals surface area contributed by atoms with Crippen molar-refractivity contribution in [2.75, 3.05) is 38.6 Å². The first-order chi connectivity index (χ1) is 8.27. The Bertz CT molecular complexity index is 326. The lowest BCUT2D eigenvalue weighted by atomic mass is 10.4. The molecule has 0 amide bonds. The van der Waals surface area contributed by atoms with Gasteiger partial charge in [0.1, 0.15) is 0 Å². The van der Waals surface area contributed by atoms with Gasteiger partial charge in [-0.05, 0) is 12.1 Å². The molecule has 0 radical (unpaired) electrons. The number of nitrogens with zero attached hydrogens (tertiary/aromatic N) is 1. The normalized spacial score (nSPS) is 12.9. The maximum absolute atomic E-state index is 11.9. The molecule has 0 heterocycles. The first kappa shape index (κ1) is 14.3. The van der Waals surface area contributed by atoms with Crippen LogP contribution in [0.1, 0.15) is 0 Å². The third kappa shape index (κ3) is 5.41. The zero-order valence-electron chi connectivity index (χ0n) is 9.79. The number of rotatable bonds is 8. The van der Waals surface area contributed by atoms with Gasteiger partial charge in [-0.1, -0.05) is 18.2 Å². The minimum absolute atomic E-state index is 0.0535. The molecule has 96 valence electrons. The van der Waals surface area contributed by atoms with E-state index in [4.69, 9.17) is 10.2 Å². The van der Waals surface area contributed by atoms with Crippen molar-refractivity contribution < 1.29 is 14.4 Å². The number of benzene rings is 1. The standard InChI is InChI=1S/C12H19NO3S/c14-9-6-13(7-10-15)8-11-17(16)12-4-2-1-3-5-12/h1-5,14-15H,6-11H2. The maximum Gasteiger partial charge on any atom is 0.0558 e. The molecule has 1 aromatic carbocycles. The summed E-state index contributed by atoms with van der Waals surface area (Å²) in [6, 6.07) is 9.32. The zero-order valence-corrected chi connectivity index (χ0v) is 10.6. The lowest BCUT2D eigenvalue weighted by Gasteiger charge is -2.19. The molecule has 0 spiro atoms. The Balaban J connectivity index is 2.41. The molecule has 4 nitrogen and oxygen atoms in total. The molecule has 1 unspecified atom stereocenters. The van der Waals surface area contributed by atoms with E-state index in [1.807, 2.05) is 35.2 Å². The lowest BCUT2D eigenvalue weighted by molar-refractivity contribution is 0.167. The van der Waals surface area contributed by atoms with Gasteiger partial charge in [0.25, 0.3) is 0 Å². The van der Waals surface area contributed by atoms with E-state index in [2.05, 4.69) is 0 Å². The Labute approximate surface area is 104 Å². The number of aliphatic hydroxyl groups is 2. The van der Waals surface area contributed by atoms with Crippen molar-refractivity contribution in [1.82, 2.24) is 4.90 Å². The quantitative estimate of drug-likeness (QED) is 0.692. The third-order valence-electron chi connectivity index (χ3n) is 2.43. The van der Waals surface area contributed by atoms with Gasteiger partial charge in [0.15, 0.2) is 0 Å². The molecular weight excluding hydrogens is 238 g/mol. The summed E-state index contributed by atoms with van der Waals surface area (Å²) in [4.78, 5) is 2.72. The van der Waals surface area contributed by atoms with E-state index in [1.54, 1.807) is 0 Å². The number of hydrogen-bond donors (Lipinski definition) is 2. The highest BCUT2D eigenvalue weighted by Crippen LogP contribution is 2.05. The predicted molar refractivity (Wildman–Crippen MR) is 68.3 cm³/mol.